The Morgan fingerprint density at radius 2 is 1.96 bits per heavy atom. The summed E-state index contributed by atoms with van der Waals surface area (Å²) in [5, 5.41) is 4.33. The van der Waals surface area contributed by atoms with Gasteiger partial charge in [-0.3, -0.25) is 9.67 Å². The quantitative estimate of drug-likeness (QED) is 0.691. The standard InChI is InChI=1S/C19H21N3O2/c1-4-22-12-17(11-21-22)16-8-18(23-3)10-19(9-16)24-13-15-6-5-7-20-14(15)2/h5-12H,4,13H2,1-3H3. The molecule has 5 nitrogen and oxygen atoms in total. The van der Waals surface area contributed by atoms with Gasteiger partial charge in [0.15, 0.2) is 0 Å². The van der Waals surface area contributed by atoms with Crippen LogP contribution in [0.3, 0.4) is 0 Å². The van der Waals surface area contributed by atoms with E-state index in [1.165, 1.54) is 0 Å². The third-order valence-corrected chi connectivity index (χ3v) is 3.92. The highest BCUT2D eigenvalue weighted by atomic mass is 16.5. The van der Waals surface area contributed by atoms with E-state index in [1.54, 1.807) is 13.3 Å². The van der Waals surface area contributed by atoms with Crippen LogP contribution in [-0.2, 0) is 13.2 Å². The molecular formula is C19H21N3O2. The van der Waals surface area contributed by atoms with Crippen molar-refractivity contribution in [2.45, 2.75) is 27.0 Å². The second-order valence-electron chi connectivity index (χ2n) is 5.52. The van der Waals surface area contributed by atoms with E-state index in [0.717, 1.165) is 40.4 Å². The number of methoxy groups -OCH3 is 1. The largest absolute Gasteiger partial charge is 0.497 e. The van der Waals surface area contributed by atoms with Crippen LogP contribution < -0.4 is 9.47 Å². The van der Waals surface area contributed by atoms with Gasteiger partial charge in [-0.2, -0.15) is 5.10 Å². The van der Waals surface area contributed by atoms with E-state index in [1.807, 2.05) is 54.3 Å². The van der Waals surface area contributed by atoms with Crippen LogP contribution in [0.1, 0.15) is 18.2 Å². The molecule has 0 saturated heterocycles. The number of nitrogens with zero attached hydrogens (tertiary/aromatic N) is 3. The fourth-order valence-corrected chi connectivity index (χ4v) is 2.46. The lowest BCUT2D eigenvalue weighted by molar-refractivity contribution is 0.302. The number of aromatic nitrogens is 3. The maximum absolute atomic E-state index is 5.96. The number of benzene rings is 1. The molecule has 1 aromatic carbocycles. The summed E-state index contributed by atoms with van der Waals surface area (Å²) in [4.78, 5) is 4.29. The van der Waals surface area contributed by atoms with Gasteiger partial charge in [-0.1, -0.05) is 6.07 Å². The number of aryl methyl sites for hydroxylation is 2. The van der Waals surface area contributed by atoms with E-state index in [2.05, 4.69) is 17.0 Å². The van der Waals surface area contributed by atoms with Crippen molar-refractivity contribution in [2.75, 3.05) is 7.11 Å². The Kier molecular flexibility index (Phi) is 4.79. The summed E-state index contributed by atoms with van der Waals surface area (Å²) in [6, 6.07) is 9.82. The van der Waals surface area contributed by atoms with E-state index < -0.39 is 0 Å². The van der Waals surface area contributed by atoms with Crippen molar-refractivity contribution in [3.63, 3.8) is 0 Å². The van der Waals surface area contributed by atoms with Crippen molar-refractivity contribution in [1.82, 2.24) is 14.8 Å². The van der Waals surface area contributed by atoms with Gasteiger partial charge in [0.1, 0.15) is 18.1 Å². The van der Waals surface area contributed by atoms with Gasteiger partial charge in [0.05, 0.1) is 13.3 Å². The van der Waals surface area contributed by atoms with Crippen molar-refractivity contribution in [1.29, 1.82) is 0 Å². The highest BCUT2D eigenvalue weighted by molar-refractivity contribution is 5.66. The fourth-order valence-electron chi connectivity index (χ4n) is 2.46. The van der Waals surface area contributed by atoms with Crippen LogP contribution in [0.5, 0.6) is 11.5 Å². The summed E-state index contributed by atoms with van der Waals surface area (Å²) in [6.45, 7) is 5.36. The lowest BCUT2D eigenvalue weighted by atomic mass is 10.1. The van der Waals surface area contributed by atoms with Crippen LogP contribution in [0.2, 0.25) is 0 Å². The predicted octanol–water partition coefficient (Wildman–Crippen LogP) is 3.86. The number of hydrogen-bond acceptors (Lipinski definition) is 4. The minimum Gasteiger partial charge on any atom is -0.497 e. The van der Waals surface area contributed by atoms with Crippen molar-refractivity contribution in [3.8, 4) is 22.6 Å². The van der Waals surface area contributed by atoms with Gasteiger partial charge in [-0.15, -0.1) is 0 Å². The minimum atomic E-state index is 0.473. The highest BCUT2D eigenvalue weighted by Gasteiger charge is 2.08. The van der Waals surface area contributed by atoms with Gasteiger partial charge in [-0.05, 0) is 37.6 Å². The number of rotatable bonds is 6. The molecule has 0 aliphatic heterocycles. The van der Waals surface area contributed by atoms with Crippen molar-refractivity contribution in [2.24, 2.45) is 0 Å². The maximum atomic E-state index is 5.96. The lowest BCUT2D eigenvalue weighted by Gasteiger charge is -2.11. The Morgan fingerprint density at radius 3 is 2.67 bits per heavy atom. The van der Waals surface area contributed by atoms with Gasteiger partial charge in [0.25, 0.3) is 0 Å². The van der Waals surface area contributed by atoms with E-state index in [9.17, 15) is 0 Å². The van der Waals surface area contributed by atoms with E-state index in [-0.39, 0.29) is 0 Å². The molecule has 0 fully saturated rings. The van der Waals surface area contributed by atoms with Gasteiger partial charge in [-0.25, -0.2) is 0 Å². The van der Waals surface area contributed by atoms with Crippen LogP contribution in [0, 0.1) is 6.92 Å². The highest BCUT2D eigenvalue weighted by Crippen LogP contribution is 2.30. The molecule has 0 unspecified atom stereocenters. The maximum Gasteiger partial charge on any atom is 0.124 e. The first kappa shape index (κ1) is 16.1. The Labute approximate surface area is 141 Å². The molecule has 0 aliphatic carbocycles. The summed E-state index contributed by atoms with van der Waals surface area (Å²) in [5.74, 6) is 1.52. The first-order chi connectivity index (χ1) is 11.7. The molecule has 24 heavy (non-hydrogen) atoms. The summed E-state index contributed by atoms with van der Waals surface area (Å²) in [6.07, 6.45) is 5.66. The van der Waals surface area contributed by atoms with Gasteiger partial charge in [0.2, 0.25) is 0 Å². The molecule has 0 amide bonds. The third kappa shape index (κ3) is 3.56. The average molecular weight is 323 g/mol. The lowest BCUT2D eigenvalue weighted by Crippen LogP contribution is -1.99. The van der Waals surface area contributed by atoms with E-state index in [4.69, 9.17) is 9.47 Å². The average Bonchev–Trinajstić information content (AvgIpc) is 3.10. The van der Waals surface area contributed by atoms with Crippen molar-refractivity contribution in [3.05, 3.63) is 60.2 Å². The molecule has 2 aromatic heterocycles. The molecule has 0 spiro atoms. The Morgan fingerprint density at radius 1 is 1.12 bits per heavy atom. The Hall–Kier alpha value is -2.82. The topological polar surface area (TPSA) is 49.2 Å². The molecular weight excluding hydrogens is 302 g/mol. The first-order valence-electron chi connectivity index (χ1n) is 7.95. The van der Waals surface area contributed by atoms with Crippen LogP contribution in [-0.4, -0.2) is 21.9 Å². The first-order valence-corrected chi connectivity index (χ1v) is 7.95. The monoisotopic (exact) mass is 323 g/mol. The molecule has 0 bridgehead atoms. The number of pyridine rings is 1. The summed E-state index contributed by atoms with van der Waals surface area (Å²) < 4.78 is 13.3. The normalized spacial score (nSPS) is 10.6. The Bertz CT molecular complexity index is 827. The molecule has 0 aliphatic rings. The second kappa shape index (κ2) is 7.17. The third-order valence-electron chi connectivity index (χ3n) is 3.92. The molecule has 0 radical (unpaired) electrons. The fraction of sp³-hybridized carbons (Fsp3) is 0.263. The zero-order valence-electron chi connectivity index (χ0n) is 14.2. The zero-order chi connectivity index (χ0) is 16.9. The SMILES string of the molecule is CCn1cc(-c2cc(OC)cc(OCc3cccnc3C)c2)cn1. The van der Waals surface area contributed by atoms with Crippen LogP contribution >= 0.6 is 0 Å². The van der Waals surface area contributed by atoms with Crippen molar-refractivity contribution < 1.29 is 9.47 Å². The van der Waals surface area contributed by atoms with Gasteiger partial charge < -0.3 is 9.47 Å². The molecule has 5 heteroatoms. The molecule has 0 N–H and O–H groups in total. The molecule has 2 heterocycles. The molecule has 0 atom stereocenters. The molecule has 3 aromatic rings. The van der Waals surface area contributed by atoms with Crippen LogP contribution in [0.4, 0.5) is 0 Å². The summed E-state index contributed by atoms with van der Waals surface area (Å²) in [7, 11) is 1.66. The Balaban J connectivity index is 1.85. The minimum absolute atomic E-state index is 0.473. The van der Waals surface area contributed by atoms with Gasteiger partial charge in [0, 0.05) is 41.8 Å². The number of ether oxygens (including phenoxy) is 2. The van der Waals surface area contributed by atoms with E-state index in [0.29, 0.717) is 6.61 Å². The van der Waals surface area contributed by atoms with Crippen LogP contribution in [0.15, 0.2) is 48.9 Å². The number of hydrogen-bond donors (Lipinski definition) is 0. The van der Waals surface area contributed by atoms with Crippen molar-refractivity contribution >= 4 is 0 Å². The molecule has 124 valence electrons. The molecule has 0 saturated carbocycles. The summed E-state index contributed by atoms with van der Waals surface area (Å²) in [5.41, 5.74) is 4.11. The summed E-state index contributed by atoms with van der Waals surface area (Å²) >= 11 is 0. The zero-order valence-corrected chi connectivity index (χ0v) is 14.2. The predicted molar refractivity (Wildman–Crippen MR) is 93.2 cm³/mol. The second-order valence-corrected chi connectivity index (χ2v) is 5.52. The van der Waals surface area contributed by atoms with E-state index >= 15 is 0 Å². The van der Waals surface area contributed by atoms with Gasteiger partial charge >= 0.3 is 0 Å². The molecule has 3 rings (SSSR count). The van der Waals surface area contributed by atoms with Crippen LogP contribution in [0.25, 0.3) is 11.1 Å². The smallest absolute Gasteiger partial charge is 0.124 e.